The Morgan fingerprint density at radius 1 is 0.923 bits per heavy atom. The van der Waals surface area contributed by atoms with Gasteiger partial charge in [-0.3, -0.25) is 0 Å². The zero-order chi connectivity index (χ0) is 9.36. The van der Waals surface area contributed by atoms with Crippen molar-refractivity contribution >= 4 is 0 Å². The van der Waals surface area contributed by atoms with Gasteiger partial charge in [0.05, 0.1) is 0 Å². The maximum Gasteiger partial charge on any atom is -0.00488 e. The number of nitrogens with one attached hydrogen (secondary N) is 1. The SMILES string of the molecule is CCC1CCCCCCNCCC1. The molecule has 1 atom stereocenters. The zero-order valence-corrected chi connectivity index (χ0v) is 9.15. The molecule has 1 N–H and O–H groups in total. The molecular formula is C12H25N. The van der Waals surface area contributed by atoms with Crippen LogP contribution in [0.25, 0.3) is 0 Å². The fourth-order valence-electron chi connectivity index (χ4n) is 2.23. The second kappa shape index (κ2) is 7.37. The van der Waals surface area contributed by atoms with Crippen molar-refractivity contribution < 1.29 is 0 Å². The molecule has 0 saturated carbocycles. The Morgan fingerprint density at radius 2 is 1.62 bits per heavy atom. The molecule has 1 unspecified atom stereocenters. The Labute approximate surface area is 83.3 Å². The third-order valence-electron chi connectivity index (χ3n) is 3.26. The Hall–Kier alpha value is -0.0400. The van der Waals surface area contributed by atoms with Gasteiger partial charge in [-0.2, -0.15) is 0 Å². The van der Waals surface area contributed by atoms with Gasteiger partial charge >= 0.3 is 0 Å². The molecule has 1 rings (SSSR count). The van der Waals surface area contributed by atoms with E-state index in [0.717, 1.165) is 5.92 Å². The van der Waals surface area contributed by atoms with Crippen LogP contribution in [0.15, 0.2) is 0 Å². The van der Waals surface area contributed by atoms with Crippen LogP contribution in [0.2, 0.25) is 0 Å². The van der Waals surface area contributed by atoms with Crippen LogP contribution in [0.4, 0.5) is 0 Å². The minimum absolute atomic E-state index is 1.01. The first kappa shape index (κ1) is 11.0. The van der Waals surface area contributed by atoms with Gasteiger partial charge in [0.1, 0.15) is 0 Å². The molecule has 0 bridgehead atoms. The molecule has 1 saturated heterocycles. The highest BCUT2D eigenvalue weighted by Gasteiger charge is 2.06. The highest BCUT2D eigenvalue weighted by molar-refractivity contribution is 4.61. The average molecular weight is 183 g/mol. The van der Waals surface area contributed by atoms with E-state index < -0.39 is 0 Å². The van der Waals surface area contributed by atoms with Crippen LogP contribution < -0.4 is 5.32 Å². The summed E-state index contributed by atoms with van der Waals surface area (Å²) < 4.78 is 0. The molecule has 0 aromatic rings. The fraction of sp³-hybridized carbons (Fsp3) is 1.00. The number of rotatable bonds is 1. The van der Waals surface area contributed by atoms with Crippen molar-refractivity contribution in [1.82, 2.24) is 5.32 Å². The molecule has 1 heterocycles. The minimum Gasteiger partial charge on any atom is -0.317 e. The first-order valence-electron chi connectivity index (χ1n) is 6.14. The monoisotopic (exact) mass is 183 g/mol. The van der Waals surface area contributed by atoms with Crippen molar-refractivity contribution in [1.29, 1.82) is 0 Å². The third kappa shape index (κ3) is 5.30. The quantitative estimate of drug-likeness (QED) is 0.657. The van der Waals surface area contributed by atoms with Gasteiger partial charge in [0.2, 0.25) is 0 Å². The summed E-state index contributed by atoms with van der Waals surface area (Å²) in [6.45, 7) is 4.84. The molecule has 13 heavy (non-hydrogen) atoms. The first-order chi connectivity index (χ1) is 6.43. The van der Waals surface area contributed by atoms with E-state index in [-0.39, 0.29) is 0 Å². The van der Waals surface area contributed by atoms with E-state index in [4.69, 9.17) is 0 Å². The van der Waals surface area contributed by atoms with Crippen molar-refractivity contribution in [3.63, 3.8) is 0 Å². The minimum atomic E-state index is 1.01. The van der Waals surface area contributed by atoms with Crippen LogP contribution in [0.3, 0.4) is 0 Å². The summed E-state index contributed by atoms with van der Waals surface area (Å²) in [7, 11) is 0. The maximum absolute atomic E-state index is 3.53. The van der Waals surface area contributed by atoms with Crippen LogP contribution in [-0.4, -0.2) is 13.1 Å². The van der Waals surface area contributed by atoms with Gasteiger partial charge in [-0.1, -0.05) is 39.0 Å². The largest absolute Gasteiger partial charge is 0.317 e. The molecule has 78 valence electrons. The summed E-state index contributed by atoms with van der Waals surface area (Å²) in [6.07, 6.45) is 11.5. The van der Waals surface area contributed by atoms with E-state index in [1.165, 1.54) is 64.5 Å². The number of hydrogen-bond acceptors (Lipinski definition) is 1. The average Bonchev–Trinajstić information content (AvgIpc) is 2.22. The van der Waals surface area contributed by atoms with Crippen LogP contribution in [0, 0.1) is 5.92 Å². The van der Waals surface area contributed by atoms with Crippen molar-refractivity contribution in [2.45, 2.75) is 58.3 Å². The lowest BCUT2D eigenvalue weighted by molar-refractivity contribution is 0.406. The molecule has 1 aliphatic heterocycles. The lowest BCUT2D eigenvalue weighted by atomic mass is 9.94. The van der Waals surface area contributed by atoms with Gasteiger partial charge in [0.25, 0.3) is 0 Å². The van der Waals surface area contributed by atoms with Crippen LogP contribution in [0.5, 0.6) is 0 Å². The molecule has 0 aromatic heterocycles. The first-order valence-corrected chi connectivity index (χ1v) is 6.14. The Balaban J connectivity index is 2.18. The topological polar surface area (TPSA) is 12.0 Å². The van der Waals surface area contributed by atoms with Gasteiger partial charge in [0.15, 0.2) is 0 Å². The number of hydrogen-bond donors (Lipinski definition) is 1. The third-order valence-corrected chi connectivity index (χ3v) is 3.26. The fourth-order valence-corrected chi connectivity index (χ4v) is 2.23. The normalized spacial score (nSPS) is 27.9. The molecule has 0 amide bonds. The molecule has 0 aliphatic carbocycles. The molecule has 1 aliphatic rings. The standard InChI is InChI=1S/C12H25N/c1-2-12-8-5-3-4-6-10-13-11-7-9-12/h12-13H,2-11H2,1H3. The van der Waals surface area contributed by atoms with Gasteiger partial charge in [-0.05, 0) is 38.3 Å². The highest BCUT2D eigenvalue weighted by Crippen LogP contribution is 2.19. The summed E-state index contributed by atoms with van der Waals surface area (Å²) in [6, 6.07) is 0. The van der Waals surface area contributed by atoms with E-state index in [2.05, 4.69) is 12.2 Å². The van der Waals surface area contributed by atoms with Crippen molar-refractivity contribution in [2.75, 3.05) is 13.1 Å². The van der Waals surface area contributed by atoms with E-state index in [1.54, 1.807) is 0 Å². The van der Waals surface area contributed by atoms with Crippen LogP contribution in [0.1, 0.15) is 58.3 Å². The summed E-state index contributed by atoms with van der Waals surface area (Å²) >= 11 is 0. The molecular weight excluding hydrogens is 158 g/mol. The van der Waals surface area contributed by atoms with Crippen molar-refractivity contribution in [3.05, 3.63) is 0 Å². The van der Waals surface area contributed by atoms with Gasteiger partial charge in [-0.15, -0.1) is 0 Å². The molecule has 0 radical (unpaired) electrons. The van der Waals surface area contributed by atoms with Gasteiger partial charge < -0.3 is 5.32 Å². The summed E-state index contributed by atoms with van der Waals surface area (Å²) in [5, 5.41) is 3.53. The summed E-state index contributed by atoms with van der Waals surface area (Å²) in [4.78, 5) is 0. The lowest BCUT2D eigenvalue weighted by Crippen LogP contribution is -2.16. The van der Waals surface area contributed by atoms with Crippen LogP contribution in [-0.2, 0) is 0 Å². The molecule has 0 aromatic carbocycles. The summed E-state index contributed by atoms with van der Waals surface area (Å²) in [5.74, 6) is 1.01. The van der Waals surface area contributed by atoms with Crippen LogP contribution >= 0.6 is 0 Å². The highest BCUT2D eigenvalue weighted by atomic mass is 14.8. The van der Waals surface area contributed by atoms with Crippen molar-refractivity contribution in [2.24, 2.45) is 5.92 Å². The van der Waals surface area contributed by atoms with Crippen molar-refractivity contribution in [3.8, 4) is 0 Å². The smallest absolute Gasteiger partial charge is 0.00488 e. The van der Waals surface area contributed by atoms with Gasteiger partial charge in [0, 0.05) is 0 Å². The Kier molecular flexibility index (Phi) is 6.26. The summed E-state index contributed by atoms with van der Waals surface area (Å²) in [5.41, 5.74) is 0. The predicted molar refractivity (Wildman–Crippen MR) is 59.0 cm³/mol. The van der Waals surface area contributed by atoms with E-state index >= 15 is 0 Å². The predicted octanol–water partition coefficient (Wildman–Crippen LogP) is 3.35. The molecule has 1 fully saturated rings. The van der Waals surface area contributed by atoms with E-state index in [0.29, 0.717) is 0 Å². The lowest BCUT2D eigenvalue weighted by Gasteiger charge is -2.13. The van der Waals surface area contributed by atoms with Gasteiger partial charge in [-0.25, -0.2) is 0 Å². The second-order valence-corrected chi connectivity index (χ2v) is 4.37. The van der Waals surface area contributed by atoms with E-state index in [9.17, 15) is 0 Å². The molecule has 1 heteroatoms. The zero-order valence-electron chi connectivity index (χ0n) is 9.15. The Morgan fingerprint density at radius 3 is 2.46 bits per heavy atom. The molecule has 0 spiro atoms. The maximum atomic E-state index is 3.53. The molecule has 1 nitrogen and oxygen atoms in total. The second-order valence-electron chi connectivity index (χ2n) is 4.37. The Bertz CT molecular complexity index is 99.7. The van der Waals surface area contributed by atoms with E-state index in [1.807, 2.05) is 0 Å².